The largest absolute Gasteiger partial charge is 0.478 e. The Kier molecular flexibility index (Phi) is 5.66. The van der Waals surface area contributed by atoms with Crippen LogP contribution in [0.1, 0.15) is 46.6 Å². The predicted molar refractivity (Wildman–Crippen MR) is 117 cm³/mol. The number of fused-ring (bicyclic) bond motifs is 1. The molecular weight excluding hydrogens is 445 g/mol. The molecule has 1 atom stereocenters. The van der Waals surface area contributed by atoms with Crippen LogP contribution in [0.15, 0.2) is 33.5 Å². The number of nitrogens with one attached hydrogen (secondary N) is 1. The minimum atomic E-state index is -2.72. The summed E-state index contributed by atoms with van der Waals surface area (Å²) in [5, 5.41) is 12.5. The number of alkyl halides is 2. The van der Waals surface area contributed by atoms with Crippen LogP contribution in [0.4, 0.5) is 24.7 Å². The molecule has 0 amide bonds. The van der Waals surface area contributed by atoms with Crippen molar-refractivity contribution in [2.75, 3.05) is 23.3 Å². The first-order valence-electron chi connectivity index (χ1n) is 10.0. The van der Waals surface area contributed by atoms with Crippen LogP contribution in [0.3, 0.4) is 0 Å². The summed E-state index contributed by atoms with van der Waals surface area (Å²) in [6, 6.07) is 4.28. The minimum Gasteiger partial charge on any atom is -0.478 e. The van der Waals surface area contributed by atoms with Crippen LogP contribution in [0.25, 0.3) is 10.3 Å². The van der Waals surface area contributed by atoms with Crippen molar-refractivity contribution in [2.45, 2.75) is 38.7 Å². The number of benzene rings is 1. The van der Waals surface area contributed by atoms with Gasteiger partial charge in [-0.15, -0.1) is 11.3 Å². The monoisotopic (exact) mass is 466 g/mol. The summed E-state index contributed by atoms with van der Waals surface area (Å²) in [7, 11) is 0. The van der Waals surface area contributed by atoms with E-state index in [1.807, 2.05) is 6.92 Å². The van der Waals surface area contributed by atoms with E-state index in [4.69, 9.17) is 4.42 Å². The van der Waals surface area contributed by atoms with Crippen molar-refractivity contribution in [1.29, 1.82) is 0 Å². The van der Waals surface area contributed by atoms with Crippen LogP contribution < -0.4 is 15.6 Å². The van der Waals surface area contributed by atoms with Crippen LogP contribution in [0, 0.1) is 12.7 Å². The fourth-order valence-corrected chi connectivity index (χ4v) is 5.04. The van der Waals surface area contributed by atoms with Gasteiger partial charge in [-0.2, -0.15) is 0 Å². The molecule has 2 N–H and O–H groups in total. The van der Waals surface area contributed by atoms with Gasteiger partial charge in [-0.25, -0.2) is 18.0 Å². The maximum absolute atomic E-state index is 13.5. The SMILES string of the molecule is Cc1sc2c(=O)cc(N3CCC(F)(F)CC3)oc2c1C(C)Nc1ccc(F)cc1C(=O)O. The third-order valence-electron chi connectivity index (χ3n) is 5.59. The summed E-state index contributed by atoms with van der Waals surface area (Å²) in [5.74, 6) is -4.43. The summed E-state index contributed by atoms with van der Waals surface area (Å²) < 4.78 is 47.0. The Morgan fingerprint density at radius 1 is 1.28 bits per heavy atom. The van der Waals surface area contributed by atoms with Gasteiger partial charge in [-0.1, -0.05) is 0 Å². The van der Waals surface area contributed by atoms with Crippen LogP contribution in [0.2, 0.25) is 0 Å². The summed E-state index contributed by atoms with van der Waals surface area (Å²) in [6.45, 7) is 3.74. The molecule has 0 radical (unpaired) electrons. The van der Waals surface area contributed by atoms with Gasteiger partial charge in [0.15, 0.2) is 11.5 Å². The zero-order chi connectivity index (χ0) is 23.2. The number of hydrogen-bond acceptors (Lipinski definition) is 6. The zero-order valence-electron chi connectivity index (χ0n) is 17.4. The van der Waals surface area contributed by atoms with Crippen LogP contribution in [-0.2, 0) is 0 Å². The number of carboxylic acids is 1. The first-order chi connectivity index (χ1) is 15.1. The fraction of sp³-hybridized carbons (Fsp3) is 0.364. The number of nitrogens with zero attached hydrogens (tertiary/aromatic N) is 1. The number of carbonyl (C=O) groups is 1. The number of aryl methyl sites for hydroxylation is 1. The normalized spacial score (nSPS) is 16.8. The quantitative estimate of drug-likeness (QED) is 0.523. The number of thiophene rings is 1. The molecule has 0 saturated carbocycles. The Bertz CT molecular complexity index is 1240. The molecule has 6 nitrogen and oxygen atoms in total. The van der Waals surface area contributed by atoms with E-state index in [1.54, 1.807) is 11.8 Å². The van der Waals surface area contributed by atoms with Gasteiger partial charge in [0.05, 0.1) is 11.6 Å². The van der Waals surface area contributed by atoms with Crippen LogP contribution >= 0.6 is 11.3 Å². The molecule has 0 bridgehead atoms. The van der Waals surface area contributed by atoms with Gasteiger partial charge >= 0.3 is 5.97 Å². The molecule has 1 aliphatic heterocycles. The molecule has 4 rings (SSSR count). The Balaban J connectivity index is 1.71. The summed E-state index contributed by atoms with van der Waals surface area (Å²) >= 11 is 1.25. The molecule has 2 aromatic heterocycles. The lowest BCUT2D eigenvalue weighted by Crippen LogP contribution is -2.39. The third-order valence-corrected chi connectivity index (χ3v) is 6.71. The highest BCUT2D eigenvalue weighted by molar-refractivity contribution is 7.19. The second-order valence-electron chi connectivity index (χ2n) is 7.88. The molecule has 1 saturated heterocycles. The molecule has 32 heavy (non-hydrogen) atoms. The lowest BCUT2D eigenvalue weighted by Gasteiger charge is -2.32. The third kappa shape index (κ3) is 4.19. The van der Waals surface area contributed by atoms with E-state index in [0.29, 0.717) is 15.8 Å². The van der Waals surface area contributed by atoms with E-state index in [0.717, 1.165) is 17.0 Å². The van der Waals surface area contributed by atoms with Gasteiger partial charge in [0.25, 0.3) is 5.92 Å². The van der Waals surface area contributed by atoms with E-state index in [2.05, 4.69) is 5.32 Å². The van der Waals surface area contributed by atoms with E-state index >= 15 is 0 Å². The first kappa shape index (κ1) is 22.2. The van der Waals surface area contributed by atoms with E-state index < -0.39 is 23.8 Å². The molecule has 1 fully saturated rings. The molecule has 1 aromatic carbocycles. The van der Waals surface area contributed by atoms with E-state index in [9.17, 15) is 27.9 Å². The Hall–Kier alpha value is -3.01. The lowest BCUT2D eigenvalue weighted by molar-refractivity contribution is -0.0225. The van der Waals surface area contributed by atoms with Crippen molar-refractivity contribution < 1.29 is 27.5 Å². The van der Waals surface area contributed by atoms with Gasteiger partial charge < -0.3 is 19.7 Å². The first-order valence-corrected chi connectivity index (χ1v) is 10.9. The molecule has 170 valence electrons. The number of anilines is 2. The summed E-state index contributed by atoms with van der Waals surface area (Å²) in [5.41, 5.74) is 0.740. The number of aromatic carboxylic acids is 1. The van der Waals surface area contributed by atoms with Gasteiger partial charge in [-0.3, -0.25) is 4.79 Å². The standard InChI is InChI=1S/C22H21F3N2O4S/c1-11(26-15-4-3-13(23)9-14(15)21(29)30)18-12(2)32-20-16(28)10-17(31-19(18)20)27-7-5-22(24,25)6-8-27/h3-4,9-11,26H,5-8H2,1-2H3,(H,29,30). The van der Waals surface area contributed by atoms with Crippen molar-refractivity contribution in [2.24, 2.45) is 0 Å². The van der Waals surface area contributed by atoms with Crippen LogP contribution in [-0.4, -0.2) is 30.1 Å². The summed E-state index contributed by atoms with van der Waals surface area (Å²) in [6.07, 6.45) is -0.629. The van der Waals surface area contributed by atoms with Crippen molar-refractivity contribution in [3.05, 3.63) is 56.3 Å². The number of hydrogen-bond donors (Lipinski definition) is 2. The van der Waals surface area contributed by atoms with Crippen molar-refractivity contribution >= 4 is 39.2 Å². The molecular formula is C22H21F3N2O4S. The zero-order valence-corrected chi connectivity index (χ0v) is 18.2. The maximum atomic E-state index is 13.5. The Labute approximate surface area is 185 Å². The number of rotatable bonds is 5. The average molecular weight is 466 g/mol. The molecule has 0 spiro atoms. The number of carboxylic acid groups (broad SMARTS) is 1. The molecule has 1 unspecified atom stereocenters. The summed E-state index contributed by atoms with van der Waals surface area (Å²) in [4.78, 5) is 26.7. The highest BCUT2D eigenvalue weighted by atomic mass is 32.1. The lowest BCUT2D eigenvalue weighted by atomic mass is 10.1. The highest BCUT2D eigenvalue weighted by Gasteiger charge is 2.35. The predicted octanol–water partition coefficient (Wildman–Crippen LogP) is 5.41. The smallest absolute Gasteiger partial charge is 0.337 e. The number of halogens is 3. The van der Waals surface area contributed by atoms with Gasteiger partial charge in [0.2, 0.25) is 5.43 Å². The Morgan fingerprint density at radius 3 is 2.62 bits per heavy atom. The van der Waals surface area contributed by atoms with E-state index in [1.165, 1.54) is 23.5 Å². The van der Waals surface area contributed by atoms with E-state index in [-0.39, 0.29) is 48.5 Å². The van der Waals surface area contributed by atoms with Crippen LogP contribution in [0.5, 0.6) is 0 Å². The molecule has 3 heterocycles. The molecule has 3 aromatic rings. The maximum Gasteiger partial charge on any atom is 0.337 e. The second kappa shape index (κ2) is 8.16. The van der Waals surface area contributed by atoms with Gasteiger partial charge in [0, 0.05) is 48.1 Å². The fourth-order valence-electron chi connectivity index (χ4n) is 3.95. The van der Waals surface area contributed by atoms with Crippen molar-refractivity contribution in [3.63, 3.8) is 0 Å². The number of piperidine rings is 1. The molecule has 1 aliphatic rings. The van der Waals surface area contributed by atoms with Crippen molar-refractivity contribution in [1.82, 2.24) is 0 Å². The van der Waals surface area contributed by atoms with Gasteiger partial charge in [-0.05, 0) is 32.0 Å². The second-order valence-corrected chi connectivity index (χ2v) is 9.11. The molecule has 10 heteroatoms. The van der Waals surface area contributed by atoms with Gasteiger partial charge in [0.1, 0.15) is 10.5 Å². The highest BCUT2D eigenvalue weighted by Crippen LogP contribution is 2.38. The minimum absolute atomic E-state index is 0.0747. The van der Waals surface area contributed by atoms with Crippen molar-refractivity contribution in [3.8, 4) is 0 Å². The molecule has 0 aliphatic carbocycles. The average Bonchev–Trinajstić information content (AvgIpc) is 3.05. The Morgan fingerprint density at radius 2 is 1.97 bits per heavy atom. The topological polar surface area (TPSA) is 82.8 Å².